The van der Waals surface area contributed by atoms with Gasteiger partial charge in [0.1, 0.15) is 31.0 Å². The number of alkyl carbamates (subject to hydrolysis) is 1. The number of amides is 1. The molecule has 1 saturated heterocycles. The van der Waals surface area contributed by atoms with Gasteiger partial charge in [0.15, 0.2) is 6.29 Å². The van der Waals surface area contributed by atoms with Crippen LogP contribution in [0.4, 0.5) is 4.79 Å². The van der Waals surface area contributed by atoms with Crippen LogP contribution in [0.25, 0.3) is 0 Å². The van der Waals surface area contributed by atoms with Crippen LogP contribution in [0.15, 0.2) is 60.7 Å². The highest BCUT2D eigenvalue weighted by Crippen LogP contribution is 2.23. The lowest BCUT2D eigenvalue weighted by Gasteiger charge is -2.42. The van der Waals surface area contributed by atoms with Gasteiger partial charge >= 0.3 is 6.09 Å². The Morgan fingerprint density at radius 1 is 0.931 bits per heavy atom. The molecule has 156 valence electrons. The lowest BCUT2D eigenvalue weighted by atomic mass is 9.97. The number of carbonyl (C=O) groups excluding carboxylic acids is 1. The minimum Gasteiger partial charge on any atom is -0.445 e. The second kappa shape index (κ2) is 10.3. The number of aliphatic hydroxyl groups excluding tert-OH is 3. The molecule has 0 aromatic heterocycles. The molecule has 0 spiro atoms. The molecule has 4 N–H and O–H groups in total. The Labute approximate surface area is 168 Å². The smallest absolute Gasteiger partial charge is 0.407 e. The number of benzene rings is 2. The second-order valence-electron chi connectivity index (χ2n) is 6.74. The topological polar surface area (TPSA) is 117 Å². The highest BCUT2D eigenvalue weighted by Gasteiger charge is 2.45. The minimum atomic E-state index is -1.41. The maximum absolute atomic E-state index is 12.2. The minimum absolute atomic E-state index is 0.0493. The first-order chi connectivity index (χ1) is 14.1. The maximum atomic E-state index is 12.2. The van der Waals surface area contributed by atoms with Crippen molar-refractivity contribution in [3.63, 3.8) is 0 Å². The van der Waals surface area contributed by atoms with Crippen molar-refractivity contribution in [1.29, 1.82) is 0 Å². The molecule has 2 aromatic carbocycles. The van der Waals surface area contributed by atoms with Gasteiger partial charge < -0.3 is 34.8 Å². The molecule has 1 aliphatic rings. The van der Waals surface area contributed by atoms with Crippen LogP contribution in [-0.4, -0.2) is 58.7 Å². The van der Waals surface area contributed by atoms with E-state index in [1.54, 1.807) is 0 Å². The third-order valence-electron chi connectivity index (χ3n) is 4.64. The summed E-state index contributed by atoms with van der Waals surface area (Å²) >= 11 is 0. The molecule has 1 heterocycles. The molecule has 5 atom stereocenters. The fourth-order valence-electron chi connectivity index (χ4n) is 3.03. The van der Waals surface area contributed by atoms with E-state index in [2.05, 4.69) is 5.32 Å². The maximum Gasteiger partial charge on any atom is 0.407 e. The summed E-state index contributed by atoms with van der Waals surface area (Å²) in [5.74, 6) is 0. The van der Waals surface area contributed by atoms with Crippen molar-refractivity contribution in [1.82, 2.24) is 5.32 Å². The van der Waals surface area contributed by atoms with E-state index in [1.807, 2.05) is 60.7 Å². The second-order valence-corrected chi connectivity index (χ2v) is 6.74. The monoisotopic (exact) mass is 403 g/mol. The third-order valence-corrected chi connectivity index (χ3v) is 4.64. The molecule has 29 heavy (non-hydrogen) atoms. The van der Waals surface area contributed by atoms with Gasteiger partial charge in [-0.3, -0.25) is 0 Å². The molecular formula is C21H25NO7. The van der Waals surface area contributed by atoms with Crippen LogP contribution in [0.2, 0.25) is 0 Å². The number of carbonyl (C=O) groups is 1. The van der Waals surface area contributed by atoms with Crippen molar-refractivity contribution in [2.75, 3.05) is 6.61 Å². The zero-order chi connectivity index (χ0) is 20.6. The normalized spacial score (nSPS) is 26.7. The number of hydrogen-bond donors (Lipinski definition) is 4. The van der Waals surface area contributed by atoms with Crippen LogP contribution >= 0.6 is 0 Å². The predicted molar refractivity (Wildman–Crippen MR) is 103 cm³/mol. The first-order valence-electron chi connectivity index (χ1n) is 9.33. The zero-order valence-corrected chi connectivity index (χ0v) is 15.8. The molecule has 8 heteroatoms. The van der Waals surface area contributed by atoms with E-state index < -0.39 is 43.3 Å². The molecule has 1 fully saturated rings. The van der Waals surface area contributed by atoms with Crippen molar-refractivity contribution in [3.8, 4) is 0 Å². The molecular weight excluding hydrogens is 378 g/mol. The fraction of sp³-hybridized carbons (Fsp3) is 0.381. The molecule has 2 aromatic rings. The lowest BCUT2D eigenvalue weighted by molar-refractivity contribution is -0.273. The van der Waals surface area contributed by atoms with Crippen molar-refractivity contribution in [3.05, 3.63) is 71.8 Å². The van der Waals surface area contributed by atoms with E-state index in [4.69, 9.17) is 14.2 Å². The first-order valence-corrected chi connectivity index (χ1v) is 9.33. The van der Waals surface area contributed by atoms with Crippen LogP contribution in [0.3, 0.4) is 0 Å². The van der Waals surface area contributed by atoms with Crippen molar-refractivity contribution in [2.45, 2.75) is 43.9 Å². The Morgan fingerprint density at radius 2 is 1.52 bits per heavy atom. The Hall–Kier alpha value is -2.49. The molecule has 0 aliphatic carbocycles. The molecule has 8 nitrogen and oxygen atoms in total. The van der Waals surface area contributed by atoms with Gasteiger partial charge in [-0.25, -0.2) is 4.79 Å². The van der Waals surface area contributed by atoms with Gasteiger partial charge in [-0.05, 0) is 11.1 Å². The van der Waals surface area contributed by atoms with Gasteiger partial charge in [0.25, 0.3) is 0 Å². The summed E-state index contributed by atoms with van der Waals surface area (Å²) in [6, 6.07) is 17.3. The van der Waals surface area contributed by atoms with Gasteiger partial charge in [0.2, 0.25) is 0 Å². The summed E-state index contributed by atoms with van der Waals surface area (Å²) in [5, 5.41) is 32.5. The zero-order valence-electron chi connectivity index (χ0n) is 15.8. The number of aliphatic hydroxyl groups is 3. The summed E-state index contributed by atoms with van der Waals surface area (Å²) in [4.78, 5) is 12.2. The van der Waals surface area contributed by atoms with Gasteiger partial charge in [-0.2, -0.15) is 0 Å². The average molecular weight is 403 g/mol. The molecule has 0 saturated carbocycles. The van der Waals surface area contributed by atoms with Crippen molar-refractivity contribution in [2.24, 2.45) is 0 Å². The quantitative estimate of drug-likeness (QED) is 0.543. The highest BCUT2D eigenvalue weighted by molar-refractivity contribution is 5.67. The number of hydrogen-bond acceptors (Lipinski definition) is 7. The molecule has 1 aliphatic heterocycles. The average Bonchev–Trinajstić information content (AvgIpc) is 2.76. The summed E-state index contributed by atoms with van der Waals surface area (Å²) in [6.07, 6.45) is -5.72. The summed E-state index contributed by atoms with van der Waals surface area (Å²) in [5.41, 5.74) is 1.67. The van der Waals surface area contributed by atoms with E-state index in [-0.39, 0.29) is 13.2 Å². The van der Waals surface area contributed by atoms with Crippen LogP contribution in [0, 0.1) is 0 Å². The van der Waals surface area contributed by atoms with Gasteiger partial charge in [0, 0.05) is 0 Å². The summed E-state index contributed by atoms with van der Waals surface area (Å²) in [6.45, 7) is -0.300. The molecule has 1 amide bonds. The van der Waals surface area contributed by atoms with Crippen LogP contribution in [0.1, 0.15) is 11.1 Å². The first kappa shape index (κ1) is 21.2. The van der Waals surface area contributed by atoms with Gasteiger partial charge in [-0.15, -0.1) is 0 Å². The number of nitrogens with one attached hydrogen (secondary N) is 1. The van der Waals surface area contributed by atoms with Gasteiger partial charge in [-0.1, -0.05) is 60.7 Å². The van der Waals surface area contributed by atoms with E-state index in [0.29, 0.717) is 0 Å². The SMILES string of the molecule is O=C(NC1C(O)C(O)C(CO)O[C@H]1OCc1ccccc1)OCc1ccccc1. The Kier molecular flexibility index (Phi) is 7.56. The summed E-state index contributed by atoms with van der Waals surface area (Å²) in [7, 11) is 0. The van der Waals surface area contributed by atoms with Crippen LogP contribution in [0.5, 0.6) is 0 Å². The summed E-state index contributed by atoms with van der Waals surface area (Å²) < 4.78 is 16.5. The molecule has 0 bridgehead atoms. The van der Waals surface area contributed by atoms with E-state index in [0.717, 1.165) is 11.1 Å². The van der Waals surface area contributed by atoms with Crippen molar-refractivity contribution < 1.29 is 34.3 Å². The number of ether oxygens (including phenoxy) is 3. The van der Waals surface area contributed by atoms with Crippen LogP contribution < -0.4 is 5.32 Å². The lowest BCUT2D eigenvalue weighted by Crippen LogP contribution is -2.64. The Bertz CT molecular complexity index is 758. The molecule has 4 unspecified atom stereocenters. The van der Waals surface area contributed by atoms with Crippen molar-refractivity contribution >= 4 is 6.09 Å². The number of rotatable bonds is 7. The highest BCUT2D eigenvalue weighted by atomic mass is 16.7. The van der Waals surface area contributed by atoms with E-state index in [1.165, 1.54) is 0 Å². The van der Waals surface area contributed by atoms with E-state index >= 15 is 0 Å². The van der Waals surface area contributed by atoms with E-state index in [9.17, 15) is 20.1 Å². The Morgan fingerprint density at radius 3 is 2.10 bits per heavy atom. The predicted octanol–water partition coefficient (Wildman–Crippen LogP) is 0.937. The largest absolute Gasteiger partial charge is 0.445 e. The molecule has 0 radical (unpaired) electrons. The third kappa shape index (κ3) is 5.75. The molecule has 3 rings (SSSR count). The fourth-order valence-corrected chi connectivity index (χ4v) is 3.03. The van der Waals surface area contributed by atoms with Gasteiger partial charge in [0.05, 0.1) is 13.2 Å². The Balaban J connectivity index is 1.63. The van der Waals surface area contributed by atoms with Crippen LogP contribution in [-0.2, 0) is 27.4 Å². The standard InChI is InChI=1S/C21H25NO7/c23-11-16-18(24)19(25)17(20(29-16)27-12-14-7-3-1-4-8-14)22-21(26)28-13-15-9-5-2-6-10-15/h1-10,16-20,23-25H,11-13H2,(H,22,26)/t16?,17?,18?,19?,20-/m1/s1.